The van der Waals surface area contributed by atoms with Crippen molar-refractivity contribution in [2.45, 2.75) is 45.5 Å². The highest BCUT2D eigenvalue weighted by Gasteiger charge is 2.34. The number of rotatable bonds is 0. The first-order valence-electron chi connectivity index (χ1n) is 6.76. The summed E-state index contributed by atoms with van der Waals surface area (Å²) in [6.45, 7) is 6.92. The third-order valence-electron chi connectivity index (χ3n) is 3.15. The van der Waals surface area contributed by atoms with Crippen molar-refractivity contribution in [1.29, 1.82) is 0 Å². The predicted octanol–water partition coefficient (Wildman–Crippen LogP) is 4.68. The van der Waals surface area contributed by atoms with E-state index in [4.69, 9.17) is 4.74 Å². The van der Waals surface area contributed by atoms with Crippen molar-refractivity contribution in [3.8, 4) is 0 Å². The van der Waals surface area contributed by atoms with Crippen molar-refractivity contribution in [2.24, 2.45) is 4.99 Å². The van der Waals surface area contributed by atoms with E-state index in [0.717, 1.165) is 12.1 Å². The first-order chi connectivity index (χ1) is 9.99. The zero-order chi connectivity index (χ0) is 16.7. The van der Waals surface area contributed by atoms with E-state index in [1.54, 1.807) is 27.7 Å². The Morgan fingerprint density at radius 2 is 1.91 bits per heavy atom. The molecule has 0 saturated heterocycles. The van der Waals surface area contributed by atoms with Gasteiger partial charge < -0.3 is 4.74 Å². The van der Waals surface area contributed by atoms with Gasteiger partial charge in [0.2, 0.25) is 0 Å². The summed E-state index contributed by atoms with van der Waals surface area (Å²) in [7, 11) is 0. The number of alkyl halides is 3. The molecular weight excluding hydrogens is 297 g/mol. The summed E-state index contributed by atoms with van der Waals surface area (Å²) in [5.41, 5.74) is -0.671. The minimum absolute atomic E-state index is 0.210. The van der Waals surface area contributed by atoms with Gasteiger partial charge in [-0.05, 0) is 39.8 Å². The summed E-state index contributed by atoms with van der Waals surface area (Å²) in [4.78, 5) is 17.3. The minimum atomic E-state index is -4.42. The van der Waals surface area contributed by atoms with Crippen LogP contribution in [0.15, 0.2) is 23.2 Å². The van der Waals surface area contributed by atoms with Gasteiger partial charge in [-0.25, -0.2) is 9.79 Å². The molecule has 0 N–H and O–H groups in total. The maximum atomic E-state index is 12.7. The van der Waals surface area contributed by atoms with Crippen LogP contribution in [0.25, 0.3) is 0 Å². The molecule has 0 fully saturated rings. The normalized spacial score (nSPS) is 18.1. The van der Waals surface area contributed by atoms with E-state index in [0.29, 0.717) is 5.56 Å². The van der Waals surface area contributed by atoms with Gasteiger partial charge in [-0.1, -0.05) is 6.07 Å². The number of hydrogen-bond acceptors (Lipinski definition) is 3. The Morgan fingerprint density at radius 1 is 1.27 bits per heavy atom. The second kappa shape index (κ2) is 5.30. The number of carbonyl (C=O) groups is 1. The first-order valence-corrected chi connectivity index (χ1v) is 6.76. The van der Waals surface area contributed by atoms with Crippen LogP contribution in [-0.4, -0.2) is 22.9 Å². The van der Waals surface area contributed by atoms with Gasteiger partial charge in [-0.2, -0.15) is 13.2 Å². The van der Waals surface area contributed by atoms with E-state index in [2.05, 4.69) is 4.99 Å². The lowest BCUT2D eigenvalue weighted by atomic mass is 10.0. The van der Waals surface area contributed by atoms with Crippen molar-refractivity contribution in [3.63, 3.8) is 0 Å². The van der Waals surface area contributed by atoms with Crippen molar-refractivity contribution in [2.75, 3.05) is 0 Å². The number of hydrogen-bond donors (Lipinski definition) is 0. The number of carbonyl (C=O) groups excluding carboxylic acids is 1. The van der Waals surface area contributed by atoms with Gasteiger partial charge in [0.05, 0.1) is 17.3 Å². The SMILES string of the molecule is CC1c2ccc(C(F)(F)F)cc2N=CN1C(=O)OC(C)(C)C. The molecule has 0 bridgehead atoms. The standard InChI is InChI=1S/C15H17F3N2O2/c1-9-11-6-5-10(15(16,17)18)7-12(11)19-8-20(9)13(21)22-14(2,3)4/h5-9H,1-4H3. The van der Waals surface area contributed by atoms with E-state index in [1.165, 1.54) is 17.3 Å². The number of nitrogens with zero attached hydrogens (tertiary/aromatic N) is 2. The Balaban J connectivity index is 2.29. The van der Waals surface area contributed by atoms with Gasteiger partial charge in [0, 0.05) is 5.56 Å². The summed E-state index contributed by atoms with van der Waals surface area (Å²) in [5.74, 6) is 0. The molecular formula is C15H17F3N2O2. The highest BCUT2D eigenvalue weighted by atomic mass is 19.4. The molecule has 0 radical (unpaired) electrons. The first kappa shape index (κ1) is 16.3. The van der Waals surface area contributed by atoms with E-state index in [1.807, 2.05) is 0 Å². The molecule has 1 aliphatic rings. The van der Waals surface area contributed by atoms with Crippen molar-refractivity contribution in [1.82, 2.24) is 4.90 Å². The topological polar surface area (TPSA) is 41.9 Å². The smallest absolute Gasteiger partial charge is 0.416 e. The molecule has 0 aliphatic carbocycles. The highest BCUT2D eigenvalue weighted by Crippen LogP contribution is 2.38. The summed E-state index contributed by atoms with van der Waals surface area (Å²) >= 11 is 0. The molecule has 22 heavy (non-hydrogen) atoms. The van der Waals surface area contributed by atoms with Crippen LogP contribution in [0.1, 0.15) is 44.9 Å². The van der Waals surface area contributed by atoms with Gasteiger partial charge in [0.25, 0.3) is 0 Å². The number of amides is 1. The average molecular weight is 314 g/mol. The molecule has 1 atom stereocenters. The largest absolute Gasteiger partial charge is 0.443 e. The maximum absolute atomic E-state index is 12.7. The summed E-state index contributed by atoms with van der Waals surface area (Å²) in [5, 5.41) is 0. The van der Waals surface area contributed by atoms with Crippen LogP contribution in [0.4, 0.5) is 23.7 Å². The Morgan fingerprint density at radius 3 is 2.45 bits per heavy atom. The number of aliphatic imine (C=N–C) groups is 1. The molecule has 0 saturated carbocycles. The monoisotopic (exact) mass is 314 g/mol. The van der Waals surface area contributed by atoms with Gasteiger partial charge in [-0.3, -0.25) is 4.90 Å². The third kappa shape index (κ3) is 3.40. The fraction of sp³-hybridized carbons (Fsp3) is 0.467. The maximum Gasteiger partial charge on any atom is 0.416 e. The molecule has 0 aromatic heterocycles. The Bertz CT molecular complexity index is 618. The summed E-state index contributed by atoms with van der Waals surface area (Å²) in [6, 6.07) is 2.86. The summed E-state index contributed by atoms with van der Waals surface area (Å²) in [6.07, 6.45) is -3.80. The molecule has 1 heterocycles. The zero-order valence-electron chi connectivity index (χ0n) is 12.7. The molecule has 2 rings (SSSR count). The average Bonchev–Trinajstić information content (AvgIpc) is 2.35. The molecule has 7 heteroatoms. The van der Waals surface area contributed by atoms with Gasteiger partial charge >= 0.3 is 12.3 Å². The lowest BCUT2D eigenvalue weighted by Crippen LogP contribution is -2.38. The molecule has 120 valence electrons. The quantitative estimate of drug-likeness (QED) is 0.698. The molecule has 1 unspecified atom stereocenters. The molecule has 1 amide bonds. The molecule has 1 aromatic rings. The van der Waals surface area contributed by atoms with Crippen molar-refractivity contribution < 1.29 is 22.7 Å². The third-order valence-corrected chi connectivity index (χ3v) is 3.15. The number of ether oxygens (including phenoxy) is 1. The van der Waals surface area contributed by atoms with Crippen LogP contribution in [0.2, 0.25) is 0 Å². The second-order valence-electron chi connectivity index (χ2n) is 6.08. The van der Waals surface area contributed by atoms with E-state index in [9.17, 15) is 18.0 Å². The van der Waals surface area contributed by atoms with Crippen molar-refractivity contribution >= 4 is 18.1 Å². The van der Waals surface area contributed by atoms with Crippen LogP contribution < -0.4 is 0 Å². The predicted molar refractivity (Wildman–Crippen MR) is 76.1 cm³/mol. The van der Waals surface area contributed by atoms with Gasteiger partial charge in [0.15, 0.2) is 0 Å². The summed E-state index contributed by atoms with van der Waals surface area (Å²) < 4.78 is 43.4. The van der Waals surface area contributed by atoms with Crippen LogP contribution in [0, 0.1) is 0 Å². The number of fused-ring (bicyclic) bond motifs is 1. The van der Waals surface area contributed by atoms with Crippen LogP contribution >= 0.6 is 0 Å². The Labute approximate surface area is 126 Å². The minimum Gasteiger partial charge on any atom is -0.443 e. The molecule has 1 aromatic carbocycles. The fourth-order valence-electron chi connectivity index (χ4n) is 2.08. The van der Waals surface area contributed by atoms with Gasteiger partial charge in [-0.15, -0.1) is 0 Å². The van der Waals surface area contributed by atoms with Crippen LogP contribution in [0.3, 0.4) is 0 Å². The molecule has 4 nitrogen and oxygen atoms in total. The highest BCUT2D eigenvalue weighted by molar-refractivity contribution is 5.86. The van der Waals surface area contributed by atoms with E-state index in [-0.39, 0.29) is 5.69 Å². The molecule has 0 spiro atoms. The molecule has 1 aliphatic heterocycles. The van der Waals surface area contributed by atoms with E-state index < -0.39 is 29.5 Å². The van der Waals surface area contributed by atoms with Crippen LogP contribution in [-0.2, 0) is 10.9 Å². The fourth-order valence-corrected chi connectivity index (χ4v) is 2.08. The van der Waals surface area contributed by atoms with E-state index >= 15 is 0 Å². The lowest BCUT2D eigenvalue weighted by molar-refractivity contribution is -0.137. The lowest BCUT2D eigenvalue weighted by Gasteiger charge is -2.31. The van der Waals surface area contributed by atoms with Crippen molar-refractivity contribution in [3.05, 3.63) is 29.3 Å². The Kier molecular flexibility index (Phi) is 3.93. The number of halogens is 3. The zero-order valence-corrected chi connectivity index (χ0v) is 12.7. The number of benzene rings is 1. The second-order valence-corrected chi connectivity index (χ2v) is 6.08. The van der Waals surface area contributed by atoms with Crippen LogP contribution in [0.5, 0.6) is 0 Å². The Hall–Kier alpha value is -2.05. The van der Waals surface area contributed by atoms with Gasteiger partial charge in [0.1, 0.15) is 11.9 Å².